The van der Waals surface area contributed by atoms with Crippen LogP contribution in [0.2, 0.25) is 0 Å². The third kappa shape index (κ3) is 1.80. The topological polar surface area (TPSA) is 34.1 Å². The Kier molecular flexibility index (Phi) is 3.39. The second-order valence-electron chi connectivity index (χ2n) is 9.71. The van der Waals surface area contributed by atoms with Crippen molar-refractivity contribution in [1.29, 1.82) is 0 Å². The van der Waals surface area contributed by atoms with E-state index in [1.807, 2.05) is 13.2 Å². The number of alkyl halides is 1. The van der Waals surface area contributed by atoms with Gasteiger partial charge in [-0.3, -0.25) is 9.59 Å². The van der Waals surface area contributed by atoms with Crippen molar-refractivity contribution in [2.75, 3.05) is 6.26 Å². The van der Waals surface area contributed by atoms with Crippen molar-refractivity contribution in [3.8, 4) is 0 Å². The molecule has 4 saturated carbocycles. The summed E-state index contributed by atoms with van der Waals surface area (Å²) in [6.07, 6.45) is 4.70. The molecule has 0 spiro atoms. The highest BCUT2D eigenvalue weighted by Gasteiger charge is 2.68. The van der Waals surface area contributed by atoms with Gasteiger partial charge in [-0.1, -0.05) is 20.4 Å². The van der Waals surface area contributed by atoms with Crippen molar-refractivity contribution >= 4 is 23.3 Å². The summed E-state index contributed by atoms with van der Waals surface area (Å²) in [5, 5.41) is 0. The van der Waals surface area contributed by atoms with E-state index in [0.717, 1.165) is 36.2 Å². The standard InChI is InChI=1S/C22H27FO2S/c1-10-7-11-13(5-6-21(2)14(11)9-16(23)20(21)25)22(3)15-8-12(15)18(24)19(26-4)17(10)22/h11-16H,1,5-9H2,2-4H3/t11-,12+,13+,14+,15?,16+,21+,22+/m1/s1. The van der Waals surface area contributed by atoms with E-state index in [1.165, 1.54) is 5.57 Å². The zero-order valence-electron chi connectivity index (χ0n) is 15.8. The predicted octanol–water partition coefficient (Wildman–Crippen LogP) is 4.75. The molecule has 0 aromatic heterocycles. The maximum Gasteiger partial charge on any atom is 0.173 e. The third-order valence-electron chi connectivity index (χ3n) is 8.83. The number of carbonyl (C=O) groups is 2. The fraction of sp³-hybridized carbons (Fsp3) is 0.727. The minimum Gasteiger partial charge on any atom is -0.296 e. The molecule has 0 heterocycles. The van der Waals surface area contributed by atoms with Gasteiger partial charge in [0, 0.05) is 16.7 Å². The summed E-state index contributed by atoms with van der Waals surface area (Å²) >= 11 is 1.59. The average Bonchev–Trinajstić information content (AvgIpc) is 3.37. The quantitative estimate of drug-likeness (QED) is 0.664. The average molecular weight is 375 g/mol. The summed E-state index contributed by atoms with van der Waals surface area (Å²) in [4.78, 5) is 26.3. The first-order valence-corrected chi connectivity index (χ1v) is 11.2. The van der Waals surface area contributed by atoms with E-state index in [2.05, 4.69) is 13.5 Å². The molecule has 26 heavy (non-hydrogen) atoms. The van der Waals surface area contributed by atoms with Crippen molar-refractivity contribution in [2.24, 2.45) is 40.4 Å². The molecule has 1 unspecified atom stereocenters. The second-order valence-corrected chi connectivity index (χ2v) is 10.5. The molecule has 0 amide bonds. The lowest BCUT2D eigenvalue weighted by Crippen LogP contribution is -2.52. The van der Waals surface area contributed by atoms with Crippen molar-refractivity contribution in [1.82, 2.24) is 0 Å². The number of hydrogen-bond acceptors (Lipinski definition) is 3. The molecule has 0 aliphatic heterocycles. The molecular formula is C22H27FO2S. The van der Waals surface area contributed by atoms with Crippen LogP contribution >= 0.6 is 11.8 Å². The van der Waals surface area contributed by atoms with Crippen LogP contribution in [0.5, 0.6) is 0 Å². The number of ketones is 2. The molecule has 0 N–H and O–H groups in total. The number of Topliss-reactive ketones (excluding diaryl/α,β-unsaturated/α-hetero) is 2. The van der Waals surface area contributed by atoms with E-state index in [9.17, 15) is 14.0 Å². The molecular weight excluding hydrogens is 347 g/mol. The smallest absolute Gasteiger partial charge is 0.173 e. The summed E-state index contributed by atoms with van der Waals surface area (Å²) < 4.78 is 14.4. The molecule has 0 aromatic rings. The molecule has 5 rings (SSSR count). The highest BCUT2D eigenvalue weighted by Crippen LogP contribution is 2.72. The van der Waals surface area contributed by atoms with Gasteiger partial charge in [-0.15, -0.1) is 11.8 Å². The molecule has 0 bridgehead atoms. The first-order valence-electron chi connectivity index (χ1n) is 9.94. The number of fused-ring (bicyclic) bond motifs is 7. The van der Waals surface area contributed by atoms with Gasteiger partial charge in [0.25, 0.3) is 0 Å². The van der Waals surface area contributed by atoms with Gasteiger partial charge in [0.05, 0.1) is 4.91 Å². The van der Waals surface area contributed by atoms with Gasteiger partial charge >= 0.3 is 0 Å². The Morgan fingerprint density at radius 1 is 1.15 bits per heavy atom. The summed E-state index contributed by atoms with van der Waals surface area (Å²) in [5.74, 6) is 1.69. The summed E-state index contributed by atoms with van der Waals surface area (Å²) in [6, 6.07) is 0. The molecule has 0 saturated heterocycles. The van der Waals surface area contributed by atoms with E-state index in [4.69, 9.17) is 0 Å². The lowest BCUT2D eigenvalue weighted by atomic mass is 9.46. The number of allylic oxidation sites excluding steroid dienone is 2. The molecule has 140 valence electrons. The van der Waals surface area contributed by atoms with Crippen LogP contribution in [-0.4, -0.2) is 24.0 Å². The van der Waals surface area contributed by atoms with E-state index in [0.29, 0.717) is 30.0 Å². The fourth-order valence-electron chi connectivity index (χ4n) is 7.53. The van der Waals surface area contributed by atoms with Gasteiger partial charge < -0.3 is 0 Å². The Morgan fingerprint density at radius 3 is 2.58 bits per heavy atom. The highest BCUT2D eigenvalue weighted by molar-refractivity contribution is 8.03. The molecule has 4 heteroatoms. The minimum absolute atomic E-state index is 0.0182. The van der Waals surface area contributed by atoms with Crippen molar-refractivity contribution < 1.29 is 14.0 Å². The van der Waals surface area contributed by atoms with Gasteiger partial charge in [0.1, 0.15) is 0 Å². The Labute approximate surface area is 159 Å². The summed E-state index contributed by atoms with van der Waals surface area (Å²) in [6.45, 7) is 8.75. The zero-order chi connectivity index (χ0) is 18.6. The first-order chi connectivity index (χ1) is 12.2. The predicted molar refractivity (Wildman–Crippen MR) is 101 cm³/mol. The Balaban J connectivity index is 1.63. The monoisotopic (exact) mass is 374 g/mol. The number of halogens is 1. The van der Waals surface area contributed by atoms with Gasteiger partial charge in [-0.2, -0.15) is 0 Å². The van der Waals surface area contributed by atoms with E-state index < -0.39 is 11.6 Å². The van der Waals surface area contributed by atoms with Crippen molar-refractivity contribution in [2.45, 2.75) is 52.1 Å². The number of hydrogen-bond donors (Lipinski definition) is 0. The maximum atomic E-state index is 14.4. The number of carbonyl (C=O) groups excluding carboxylic acids is 2. The van der Waals surface area contributed by atoms with E-state index in [-0.39, 0.29) is 23.0 Å². The zero-order valence-corrected chi connectivity index (χ0v) is 16.6. The van der Waals surface area contributed by atoms with Crippen LogP contribution in [0.15, 0.2) is 22.6 Å². The first kappa shape index (κ1) is 17.2. The lowest BCUT2D eigenvalue weighted by molar-refractivity contribution is -0.134. The van der Waals surface area contributed by atoms with Gasteiger partial charge in [-0.05, 0) is 73.2 Å². The summed E-state index contributed by atoms with van der Waals surface area (Å²) in [7, 11) is 0. The number of thioether (sulfide) groups is 1. The van der Waals surface area contributed by atoms with Gasteiger partial charge in [0.2, 0.25) is 0 Å². The van der Waals surface area contributed by atoms with Crippen LogP contribution in [-0.2, 0) is 9.59 Å². The van der Waals surface area contributed by atoms with Gasteiger partial charge in [-0.25, -0.2) is 4.39 Å². The van der Waals surface area contributed by atoms with Crippen LogP contribution in [0.1, 0.15) is 46.0 Å². The third-order valence-corrected chi connectivity index (χ3v) is 9.65. The lowest BCUT2D eigenvalue weighted by Gasteiger charge is -2.57. The minimum atomic E-state index is -1.29. The van der Waals surface area contributed by atoms with Crippen LogP contribution < -0.4 is 0 Å². The molecule has 5 aliphatic rings. The molecule has 8 atom stereocenters. The van der Waals surface area contributed by atoms with Crippen LogP contribution in [0.25, 0.3) is 0 Å². The van der Waals surface area contributed by atoms with Crippen LogP contribution in [0.3, 0.4) is 0 Å². The van der Waals surface area contributed by atoms with Gasteiger partial charge in [0.15, 0.2) is 17.7 Å². The van der Waals surface area contributed by atoms with Crippen LogP contribution in [0, 0.1) is 40.4 Å². The molecule has 0 radical (unpaired) electrons. The largest absolute Gasteiger partial charge is 0.296 e. The second kappa shape index (κ2) is 5.12. The SMILES string of the molecule is C=C1C[C@H]2[C@@H]3C[C@H](F)C(=O)[C@@]3(C)CC[C@@H]2[C@]2(C)C1=C(SC)C(=O)[C@H]1CC12. The maximum absolute atomic E-state index is 14.4. The van der Waals surface area contributed by atoms with E-state index >= 15 is 0 Å². The fourth-order valence-corrected chi connectivity index (χ4v) is 8.45. The van der Waals surface area contributed by atoms with Crippen molar-refractivity contribution in [3.63, 3.8) is 0 Å². The normalized spacial score (nSPS) is 52.4. The van der Waals surface area contributed by atoms with Crippen molar-refractivity contribution in [3.05, 3.63) is 22.6 Å². The van der Waals surface area contributed by atoms with E-state index in [1.54, 1.807) is 11.8 Å². The molecule has 4 fully saturated rings. The Morgan fingerprint density at radius 2 is 1.88 bits per heavy atom. The number of rotatable bonds is 1. The molecule has 5 aliphatic carbocycles. The molecule has 0 aromatic carbocycles. The Bertz CT molecular complexity index is 785. The molecule has 2 nitrogen and oxygen atoms in total. The highest BCUT2D eigenvalue weighted by atomic mass is 32.2. The Hall–Kier alpha value is -0.900. The van der Waals surface area contributed by atoms with Crippen LogP contribution in [0.4, 0.5) is 4.39 Å². The summed E-state index contributed by atoms with van der Waals surface area (Å²) in [5.41, 5.74) is 1.79.